The maximum Gasteiger partial charge on any atom is 0.260 e. The highest BCUT2D eigenvalue weighted by molar-refractivity contribution is 7.94. The summed E-state index contributed by atoms with van der Waals surface area (Å²) in [5.41, 5.74) is 0.690. The minimum Gasteiger partial charge on any atom is -0.348 e. The van der Waals surface area contributed by atoms with Crippen LogP contribution >= 0.6 is 0 Å². The molecule has 0 atom stereocenters. The minimum atomic E-state index is -4.16. The zero-order chi connectivity index (χ0) is 21.7. The van der Waals surface area contributed by atoms with Gasteiger partial charge in [-0.05, 0) is 29.3 Å². The molecule has 3 aromatic rings. The van der Waals surface area contributed by atoms with Crippen LogP contribution in [0, 0.1) is 11.6 Å². The van der Waals surface area contributed by atoms with Crippen LogP contribution < -0.4 is 10.9 Å². The Balaban J connectivity index is 1.71. The summed E-state index contributed by atoms with van der Waals surface area (Å²) >= 11 is 0. The van der Waals surface area contributed by atoms with Crippen LogP contribution in [0.2, 0.25) is 0 Å². The van der Waals surface area contributed by atoms with Crippen LogP contribution in [0.3, 0.4) is 0 Å². The Labute approximate surface area is 170 Å². The SMILES string of the molecule is O=C(NC/C=C/S(=O)(=O)c1ccc(F)cc1F)c1cc(-c2ccccc2)c[nH]c1=O. The van der Waals surface area contributed by atoms with Crippen molar-refractivity contribution in [3.05, 3.63) is 99.8 Å². The molecule has 2 aromatic carbocycles. The van der Waals surface area contributed by atoms with Gasteiger partial charge in [0, 0.05) is 24.2 Å². The van der Waals surface area contributed by atoms with E-state index >= 15 is 0 Å². The third kappa shape index (κ3) is 4.87. The van der Waals surface area contributed by atoms with E-state index in [0.29, 0.717) is 17.0 Å². The number of pyridine rings is 1. The van der Waals surface area contributed by atoms with Crippen LogP contribution in [0.15, 0.2) is 82.0 Å². The summed E-state index contributed by atoms with van der Waals surface area (Å²) in [6.07, 6.45) is 2.57. The van der Waals surface area contributed by atoms with Crippen LogP contribution in [-0.4, -0.2) is 25.9 Å². The van der Waals surface area contributed by atoms with Gasteiger partial charge in [0.25, 0.3) is 11.5 Å². The fourth-order valence-electron chi connectivity index (χ4n) is 2.65. The van der Waals surface area contributed by atoms with Gasteiger partial charge >= 0.3 is 0 Å². The average Bonchev–Trinajstić information content (AvgIpc) is 2.72. The molecule has 0 radical (unpaired) electrons. The Morgan fingerprint density at radius 3 is 2.47 bits per heavy atom. The number of carbonyl (C=O) groups excluding carboxylic acids is 1. The van der Waals surface area contributed by atoms with E-state index in [1.807, 2.05) is 30.3 Å². The number of amides is 1. The van der Waals surface area contributed by atoms with Gasteiger partial charge in [0.2, 0.25) is 9.84 Å². The number of aromatic nitrogens is 1. The zero-order valence-electron chi connectivity index (χ0n) is 15.4. The van der Waals surface area contributed by atoms with E-state index < -0.39 is 37.8 Å². The lowest BCUT2D eigenvalue weighted by Crippen LogP contribution is -2.29. The largest absolute Gasteiger partial charge is 0.348 e. The minimum absolute atomic E-state index is 0.141. The van der Waals surface area contributed by atoms with Gasteiger partial charge < -0.3 is 10.3 Å². The molecular weight excluding hydrogens is 414 g/mol. The first-order valence-electron chi connectivity index (χ1n) is 8.71. The number of H-pyrrole nitrogens is 1. The van der Waals surface area contributed by atoms with Crippen molar-refractivity contribution in [2.45, 2.75) is 4.90 Å². The van der Waals surface area contributed by atoms with Crippen LogP contribution in [0.4, 0.5) is 8.78 Å². The first-order chi connectivity index (χ1) is 14.3. The molecule has 0 spiro atoms. The number of nitrogens with one attached hydrogen (secondary N) is 2. The molecule has 0 unspecified atom stereocenters. The molecule has 6 nitrogen and oxygen atoms in total. The summed E-state index contributed by atoms with van der Waals surface area (Å²) in [5.74, 6) is -2.82. The predicted octanol–water partition coefficient (Wildman–Crippen LogP) is 3.04. The van der Waals surface area contributed by atoms with Crippen molar-refractivity contribution in [3.63, 3.8) is 0 Å². The second kappa shape index (κ2) is 8.83. The van der Waals surface area contributed by atoms with Crippen molar-refractivity contribution in [1.82, 2.24) is 10.3 Å². The van der Waals surface area contributed by atoms with E-state index in [9.17, 15) is 26.8 Å². The highest BCUT2D eigenvalue weighted by Crippen LogP contribution is 2.18. The van der Waals surface area contributed by atoms with Crippen molar-refractivity contribution < 1.29 is 22.0 Å². The lowest BCUT2D eigenvalue weighted by Gasteiger charge is -2.05. The normalized spacial score (nSPS) is 11.5. The summed E-state index contributed by atoms with van der Waals surface area (Å²) in [6.45, 7) is -0.226. The molecule has 30 heavy (non-hydrogen) atoms. The maximum atomic E-state index is 13.7. The molecule has 0 saturated carbocycles. The molecular formula is C21H16F2N2O4S. The molecule has 1 heterocycles. The molecule has 0 bridgehead atoms. The van der Waals surface area contributed by atoms with Crippen LogP contribution in [0.1, 0.15) is 10.4 Å². The summed E-state index contributed by atoms with van der Waals surface area (Å²) in [7, 11) is -4.16. The lowest BCUT2D eigenvalue weighted by molar-refractivity contribution is 0.0956. The summed E-state index contributed by atoms with van der Waals surface area (Å²) < 4.78 is 50.8. The summed E-state index contributed by atoms with van der Waals surface area (Å²) in [6, 6.07) is 12.6. The molecule has 0 aliphatic rings. The highest BCUT2D eigenvalue weighted by Gasteiger charge is 2.17. The second-order valence-corrected chi connectivity index (χ2v) is 8.00. The van der Waals surface area contributed by atoms with Gasteiger partial charge in [-0.3, -0.25) is 9.59 Å². The molecule has 0 aliphatic heterocycles. The van der Waals surface area contributed by atoms with Gasteiger partial charge in [-0.25, -0.2) is 17.2 Å². The number of benzene rings is 2. The maximum absolute atomic E-state index is 13.7. The number of hydrogen-bond acceptors (Lipinski definition) is 4. The van der Waals surface area contributed by atoms with Crippen LogP contribution in [0.25, 0.3) is 11.1 Å². The van der Waals surface area contributed by atoms with Gasteiger partial charge in [0.05, 0.1) is 0 Å². The standard InChI is InChI=1S/C21H16F2N2O4S/c22-16-7-8-19(18(23)12-16)30(28,29)10-4-9-24-20(26)17-11-15(13-25-21(17)27)14-5-2-1-3-6-14/h1-8,10-13H,9H2,(H,24,26)(H,25,27)/b10-4+. The van der Waals surface area contributed by atoms with Gasteiger partial charge in [-0.1, -0.05) is 36.4 Å². The number of carbonyl (C=O) groups is 1. The topological polar surface area (TPSA) is 96.1 Å². The fourth-order valence-corrected chi connectivity index (χ4v) is 3.74. The van der Waals surface area contributed by atoms with Crippen molar-refractivity contribution in [3.8, 4) is 11.1 Å². The monoisotopic (exact) mass is 430 g/mol. The highest BCUT2D eigenvalue weighted by atomic mass is 32.2. The van der Waals surface area contributed by atoms with E-state index in [1.165, 1.54) is 12.3 Å². The zero-order valence-corrected chi connectivity index (χ0v) is 16.2. The Morgan fingerprint density at radius 1 is 1.03 bits per heavy atom. The van der Waals surface area contributed by atoms with Crippen LogP contribution in [-0.2, 0) is 9.84 Å². The average molecular weight is 430 g/mol. The van der Waals surface area contributed by atoms with Crippen molar-refractivity contribution in [2.24, 2.45) is 0 Å². The van der Waals surface area contributed by atoms with Gasteiger partial charge in [0.15, 0.2) is 0 Å². The van der Waals surface area contributed by atoms with E-state index in [4.69, 9.17) is 0 Å². The van der Waals surface area contributed by atoms with Gasteiger partial charge in [0.1, 0.15) is 22.1 Å². The Morgan fingerprint density at radius 2 is 1.77 bits per heavy atom. The fraction of sp³-hybridized carbons (Fsp3) is 0.0476. The number of halogens is 2. The van der Waals surface area contributed by atoms with E-state index in [-0.39, 0.29) is 12.1 Å². The first kappa shape index (κ1) is 21.1. The summed E-state index contributed by atoms with van der Waals surface area (Å²) in [4.78, 5) is 26.1. The molecule has 0 aliphatic carbocycles. The van der Waals surface area contributed by atoms with Gasteiger partial charge in [-0.15, -0.1) is 0 Å². The number of aromatic amines is 1. The third-order valence-electron chi connectivity index (χ3n) is 4.11. The molecule has 2 N–H and O–H groups in total. The molecule has 9 heteroatoms. The molecule has 0 fully saturated rings. The van der Waals surface area contributed by atoms with Crippen molar-refractivity contribution in [2.75, 3.05) is 6.54 Å². The van der Waals surface area contributed by atoms with Gasteiger partial charge in [-0.2, -0.15) is 0 Å². The number of hydrogen-bond donors (Lipinski definition) is 2. The molecule has 3 rings (SSSR count). The second-order valence-electron chi connectivity index (χ2n) is 6.20. The van der Waals surface area contributed by atoms with E-state index in [0.717, 1.165) is 23.8 Å². The summed E-state index contributed by atoms with van der Waals surface area (Å²) in [5, 5.41) is 3.10. The van der Waals surface area contributed by atoms with E-state index in [1.54, 1.807) is 0 Å². The van der Waals surface area contributed by atoms with Crippen molar-refractivity contribution >= 4 is 15.7 Å². The molecule has 1 amide bonds. The smallest absolute Gasteiger partial charge is 0.260 e. The number of rotatable bonds is 6. The molecule has 154 valence electrons. The first-order valence-corrected chi connectivity index (χ1v) is 10.3. The molecule has 0 saturated heterocycles. The number of sulfone groups is 1. The third-order valence-corrected chi connectivity index (χ3v) is 5.61. The molecule has 1 aromatic heterocycles. The quantitative estimate of drug-likeness (QED) is 0.588. The Bertz CT molecular complexity index is 1270. The van der Waals surface area contributed by atoms with Crippen molar-refractivity contribution in [1.29, 1.82) is 0 Å². The Hall–Kier alpha value is -3.59. The van der Waals surface area contributed by atoms with E-state index in [2.05, 4.69) is 10.3 Å². The predicted molar refractivity (Wildman–Crippen MR) is 108 cm³/mol. The Kier molecular flexibility index (Phi) is 6.22. The lowest BCUT2D eigenvalue weighted by atomic mass is 10.1. The van der Waals surface area contributed by atoms with Crippen LogP contribution in [0.5, 0.6) is 0 Å².